The molecule has 0 fully saturated rings. The van der Waals surface area contributed by atoms with Crippen LogP contribution in [0, 0.1) is 0 Å². The van der Waals surface area contributed by atoms with Gasteiger partial charge < -0.3 is 9.15 Å². The van der Waals surface area contributed by atoms with Crippen molar-refractivity contribution in [1.29, 1.82) is 0 Å². The Labute approximate surface area is 104 Å². The molecule has 0 aliphatic heterocycles. The maximum atomic E-state index is 10.7. The van der Waals surface area contributed by atoms with Crippen LogP contribution in [0.2, 0.25) is 0 Å². The third kappa shape index (κ3) is 3.35. The van der Waals surface area contributed by atoms with Crippen molar-refractivity contribution >= 4 is 0 Å². The summed E-state index contributed by atoms with van der Waals surface area (Å²) in [5, 5.41) is 5.98. The summed E-state index contributed by atoms with van der Waals surface area (Å²) in [6.07, 6.45) is 3.05. The first-order chi connectivity index (χ1) is 8.78. The van der Waals surface area contributed by atoms with Crippen molar-refractivity contribution in [2.75, 3.05) is 6.61 Å². The van der Waals surface area contributed by atoms with Crippen molar-refractivity contribution in [1.82, 2.24) is 10.2 Å². The van der Waals surface area contributed by atoms with E-state index in [1.807, 2.05) is 24.3 Å². The Morgan fingerprint density at radius 3 is 2.72 bits per heavy atom. The fourth-order valence-corrected chi connectivity index (χ4v) is 1.53. The SMILES string of the molecule is C=CCOc1ccc(CCc2n[nH]c(=O)o2)cc1. The Bertz CT molecular complexity index is 554. The van der Waals surface area contributed by atoms with E-state index in [2.05, 4.69) is 16.8 Å². The number of aromatic amines is 1. The Morgan fingerprint density at radius 2 is 2.11 bits per heavy atom. The summed E-state index contributed by atoms with van der Waals surface area (Å²) in [5.74, 6) is 0.718. The highest BCUT2D eigenvalue weighted by atomic mass is 16.5. The van der Waals surface area contributed by atoms with Gasteiger partial charge in [-0.25, -0.2) is 9.89 Å². The fourth-order valence-electron chi connectivity index (χ4n) is 1.53. The zero-order valence-corrected chi connectivity index (χ0v) is 9.89. The Kier molecular flexibility index (Phi) is 3.96. The molecule has 1 heterocycles. The van der Waals surface area contributed by atoms with Gasteiger partial charge in [-0.1, -0.05) is 24.8 Å². The van der Waals surface area contributed by atoms with Crippen molar-refractivity contribution in [3.63, 3.8) is 0 Å². The van der Waals surface area contributed by atoms with Crippen molar-refractivity contribution in [3.05, 3.63) is 58.9 Å². The maximum Gasteiger partial charge on any atom is 0.434 e. The molecule has 94 valence electrons. The second-order valence-corrected chi connectivity index (χ2v) is 3.75. The summed E-state index contributed by atoms with van der Waals surface area (Å²) in [6.45, 7) is 4.09. The monoisotopic (exact) mass is 246 g/mol. The molecular weight excluding hydrogens is 232 g/mol. The third-order valence-electron chi connectivity index (χ3n) is 2.40. The summed E-state index contributed by atoms with van der Waals surface area (Å²) >= 11 is 0. The minimum atomic E-state index is -0.516. The van der Waals surface area contributed by atoms with Crippen LogP contribution in [0.25, 0.3) is 0 Å². The van der Waals surface area contributed by atoms with E-state index in [1.165, 1.54) is 0 Å². The van der Waals surface area contributed by atoms with Crippen LogP contribution >= 0.6 is 0 Å². The number of hydrogen-bond donors (Lipinski definition) is 1. The lowest BCUT2D eigenvalue weighted by Gasteiger charge is -2.04. The van der Waals surface area contributed by atoms with Crippen LogP contribution in [0.15, 0.2) is 46.1 Å². The smallest absolute Gasteiger partial charge is 0.434 e. The van der Waals surface area contributed by atoms with E-state index in [0.717, 1.165) is 17.7 Å². The van der Waals surface area contributed by atoms with Gasteiger partial charge in [-0.05, 0) is 24.1 Å². The van der Waals surface area contributed by atoms with Crippen molar-refractivity contribution in [2.24, 2.45) is 0 Å². The van der Waals surface area contributed by atoms with Gasteiger partial charge in [0, 0.05) is 6.42 Å². The van der Waals surface area contributed by atoms with Crippen LogP contribution in [-0.2, 0) is 12.8 Å². The van der Waals surface area contributed by atoms with Gasteiger partial charge in [-0.2, -0.15) is 0 Å². The van der Waals surface area contributed by atoms with Crippen LogP contribution in [0.1, 0.15) is 11.5 Å². The van der Waals surface area contributed by atoms with Gasteiger partial charge in [-0.15, -0.1) is 5.10 Å². The van der Waals surface area contributed by atoms with Crippen molar-refractivity contribution < 1.29 is 9.15 Å². The lowest BCUT2D eigenvalue weighted by atomic mass is 10.1. The molecule has 1 aromatic heterocycles. The molecule has 2 rings (SSSR count). The quantitative estimate of drug-likeness (QED) is 0.788. The lowest BCUT2D eigenvalue weighted by molar-refractivity contribution is 0.363. The average Bonchev–Trinajstić information content (AvgIpc) is 2.81. The highest BCUT2D eigenvalue weighted by molar-refractivity contribution is 5.27. The van der Waals surface area contributed by atoms with Gasteiger partial charge in [0.05, 0.1) is 0 Å². The van der Waals surface area contributed by atoms with E-state index in [1.54, 1.807) is 6.08 Å². The molecule has 0 saturated heterocycles. The van der Waals surface area contributed by atoms with E-state index in [4.69, 9.17) is 9.15 Å². The topological polar surface area (TPSA) is 68.1 Å². The summed E-state index contributed by atoms with van der Waals surface area (Å²) in [5.41, 5.74) is 1.13. The molecule has 0 spiro atoms. The van der Waals surface area contributed by atoms with Crippen LogP contribution in [0.3, 0.4) is 0 Å². The minimum absolute atomic E-state index is 0.423. The summed E-state index contributed by atoms with van der Waals surface area (Å²) in [6, 6.07) is 7.76. The van der Waals surface area contributed by atoms with Crippen LogP contribution < -0.4 is 10.5 Å². The molecule has 0 unspecified atom stereocenters. The maximum absolute atomic E-state index is 10.7. The number of hydrogen-bond acceptors (Lipinski definition) is 4. The molecule has 5 nitrogen and oxygen atoms in total. The number of benzene rings is 1. The molecule has 5 heteroatoms. The zero-order valence-electron chi connectivity index (χ0n) is 9.89. The third-order valence-corrected chi connectivity index (χ3v) is 2.40. The second-order valence-electron chi connectivity index (χ2n) is 3.75. The first-order valence-corrected chi connectivity index (χ1v) is 5.65. The Balaban J connectivity index is 1.89. The summed E-state index contributed by atoms with van der Waals surface area (Å²) in [4.78, 5) is 10.7. The molecule has 0 aliphatic rings. The van der Waals surface area contributed by atoms with Crippen LogP contribution in [-0.4, -0.2) is 16.8 Å². The zero-order chi connectivity index (χ0) is 12.8. The van der Waals surface area contributed by atoms with E-state index < -0.39 is 5.76 Å². The van der Waals surface area contributed by atoms with Gasteiger partial charge in [0.1, 0.15) is 12.4 Å². The highest BCUT2D eigenvalue weighted by Gasteiger charge is 2.02. The molecule has 0 atom stereocenters. The van der Waals surface area contributed by atoms with E-state index in [-0.39, 0.29) is 0 Å². The predicted octanol–water partition coefficient (Wildman–Crippen LogP) is 1.71. The molecule has 0 aliphatic carbocycles. The van der Waals surface area contributed by atoms with Gasteiger partial charge in [0.2, 0.25) is 5.89 Å². The van der Waals surface area contributed by atoms with Gasteiger partial charge in [0.15, 0.2) is 0 Å². The largest absolute Gasteiger partial charge is 0.490 e. The standard InChI is InChI=1S/C13H14N2O3/c1-2-9-17-11-6-3-10(4-7-11)5-8-12-14-15-13(16)18-12/h2-4,6-7H,1,5,8-9H2,(H,15,16). The van der Waals surface area contributed by atoms with Crippen LogP contribution in [0.5, 0.6) is 5.75 Å². The Hall–Kier alpha value is -2.30. The number of H-pyrrole nitrogens is 1. The molecule has 2 aromatic rings. The van der Waals surface area contributed by atoms with Crippen molar-refractivity contribution in [3.8, 4) is 5.75 Å². The summed E-state index contributed by atoms with van der Waals surface area (Å²) < 4.78 is 10.2. The molecule has 0 amide bonds. The summed E-state index contributed by atoms with van der Waals surface area (Å²) in [7, 11) is 0. The van der Waals surface area contributed by atoms with Gasteiger partial charge in [0.25, 0.3) is 0 Å². The van der Waals surface area contributed by atoms with Gasteiger partial charge >= 0.3 is 5.76 Å². The number of aromatic nitrogens is 2. The molecule has 0 saturated carbocycles. The average molecular weight is 246 g/mol. The lowest BCUT2D eigenvalue weighted by Crippen LogP contribution is -1.95. The van der Waals surface area contributed by atoms with E-state index >= 15 is 0 Å². The molecule has 0 radical (unpaired) electrons. The first kappa shape index (κ1) is 12.2. The van der Waals surface area contributed by atoms with Crippen LogP contribution in [0.4, 0.5) is 0 Å². The molecular formula is C13H14N2O3. The normalized spacial score (nSPS) is 10.2. The first-order valence-electron chi connectivity index (χ1n) is 5.65. The molecule has 0 bridgehead atoms. The van der Waals surface area contributed by atoms with Gasteiger partial charge in [-0.3, -0.25) is 0 Å². The number of ether oxygens (including phenoxy) is 1. The molecule has 1 aromatic carbocycles. The van der Waals surface area contributed by atoms with E-state index in [9.17, 15) is 4.79 Å². The number of nitrogens with one attached hydrogen (secondary N) is 1. The molecule has 18 heavy (non-hydrogen) atoms. The predicted molar refractivity (Wildman–Crippen MR) is 66.7 cm³/mol. The number of aryl methyl sites for hydroxylation is 2. The highest BCUT2D eigenvalue weighted by Crippen LogP contribution is 2.13. The minimum Gasteiger partial charge on any atom is -0.490 e. The number of nitrogens with zero attached hydrogens (tertiary/aromatic N) is 1. The fraction of sp³-hybridized carbons (Fsp3) is 0.231. The van der Waals surface area contributed by atoms with Crippen molar-refractivity contribution in [2.45, 2.75) is 12.8 Å². The molecule has 1 N–H and O–H groups in total. The number of rotatable bonds is 6. The second kappa shape index (κ2) is 5.86. The van der Waals surface area contributed by atoms with E-state index in [0.29, 0.717) is 18.9 Å². The Morgan fingerprint density at radius 1 is 1.33 bits per heavy atom.